The number of ether oxygens (including phenoxy) is 2. The quantitative estimate of drug-likeness (QED) is 0.680. The molecule has 0 aliphatic carbocycles. The van der Waals surface area contributed by atoms with Crippen molar-refractivity contribution in [2.24, 2.45) is 5.92 Å². The fourth-order valence-electron chi connectivity index (χ4n) is 3.25. The highest BCUT2D eigenvalue weighted by Gasteiger charge is 2.36. The van der Waals surface area contributed by atoms with Crippen molar-refractivity contribution < 1.29 is 23.9 Å². The van der Waals surface area contributed by atoms with Crippen LogP contribution in [0.3, 0.4) is 0 Å². The second-order valence-electron chi connectivity index (χ2n) is 6.93. The number of carbonyl (C=O) groups excluding carboxylic acids is 3. The Balaban J connectivity index is 1.54. The van der Waals surface area contributed by atoms with Gasteiger partial charge in [-0.3, -0.25) is 14.4 Å². The summed E-state index contributed by atoms with van der Waals surface area (Å²) >= 11 is 5.94. The van der Waals surface area contributed by atoms with Crippen LogP contribution in [0.4, 0.5) is 11.4 Å². The smallest absolute Gasteiger partial charge is 0.311 e. The van der Waals surface area contributed by atoms with Crippen molar-refractivity contribution >= 4 is 40.8 Å². The highest BCUT2D eigenvalue weighted by molar-refractivity contribution is 6.31. The first-order valence-corrected chi connectivity index (χ1v) is 9.98. The molecule has 0 radical (unpaired) electrons. The summed E-state index contributed by atoms with van der Waals surface area (Å²) in [5, 5.41) is 3.03. The summed E-state index contributed by atoms with van der Waals surface area (Å²) in [5.74, 6) is -1.43. The van der Waals surface area contributed by atoms with E-state index in [0.717, 1.165) is 12.1 Å². The second kappa shape index (κ2) is 9.63. The van der Waals surface area contributed by atoms with E-state index in [4.69, 9.17) is 21.1 Å². The second-order valence-corrected chi connectivity index (χ2v) is 7.36. The van der Waals surface area contributed by atoms with Crippen LogP contribution in [0, 0.1) is 5.92 Å². The lowest BCUT2D eigenvalue weighted by Crippen LogP contribution is -2.28. The van der Waals surface area contributed by atoms with Crippen LogP contribution >= 0.6 is 11.6 Å². The Hall–Kier alpha value is -3.06. The van der Waals surface area contributed by atoms with E-state index >= 15 is 0 Å². The molecule has 1 atom stereocenters. The van der Waals surface area contributed by atoms with Crippen molar-refractivity contribution in [2.45, 2.75) is 19.8 Å². The van der Waals surface area contributed by atoms with Gasteiger partial charge in [-0.2, -0.15) is 0 Å². The van der Waals surface area contributed by atoms with Gasteiger partial charge in [0.1, 0.15) is 5.75 Å². The zero-order valence-corrected chi connectivity index (χ0v) is 17.6. The molecule has 30 heavy (non-hydrogen) atoms. The fourth-order valence-corrected chi connectivity index (χ4v) is 3.42. The number of methoxy groups -OCH3 is 1. The third-order valence-electron chi connectivity index (χ3n) is 4.90. The highest BCUT2D eigenvalue weighted by atomic mass is 35.5. The van der Waals surface area contributed by atoms with Gasteiger partial charge in [-0.05, 0) is 42.3 Å². The average molecular weight is 431 g/mol. The summed E-state index contributed by atoms with van der Waals surface area (Å²) < 4.78 is 10.3. The maximum Gasteiger partial charge on any atom is 0.311 e. The number of aryl methyl sites for hydroxylation is 1. The predicted molar refractivity (Wildman–Crippen MR) is 114 cm³/mol. The molecule has 1 N–H and O–H groups in total. The Morgan fingerprint density at radius 3 is 2.60 bits per heavy atom. The highest BCUT2D eigenvalue weighted by Crippen LogP contribution is 2.28. The predicted octanol–water partition coefficient (Wildman–Crippen LogP) is 3.45. The van der Waals surface area contributed by atoms with Crippen LogP contribution in [0.15, 0.2) is 42.5 Å². The van der Waals surface area contributed by atoms with Crippen LogP contribution in [0.2, 0.25) is 5.02 Å². The van der Waals surface area contributed by atoms with Crippen molar-refractivity contribution in [1.29, 1.82) is 0 Å². The molecule has 7 nitrogen and oxygen atoms in total. The van der Waals surface area contributed by atoms with E-state index in [1.165, 1.54) is 18.7 Å². The van der Waals surface area contributed by atoms with Crippen molar-refractivity contribution in [2.75, 3.05) is 30.5 Å². The van der Waals surface area contributed by atoms with E-state index < -0.39 is 24.4 Å². The summed E-state index contributed by atoms with van der Waals surface area (Å²) in [6.45, 7) is 1.82. The summed E-state index contributed by atoms with van der Waals surface area (Å²) in [5.41, 5.74) is 2.30. The standard InChI is InChI=1S/C22H23ClN2O5/c1-3-14-4-7-17(8-5-14)25-12-15(10-21(25)27)22(28)30-13-20(26)24-18-11-16(23)6-9-19(18)29-2/h4-9,11,15H,3,10,12-13H2,1-2H3,(H,24,26)/t15-/m1/s1. The Bertz CT molecular complexity index is 945. The van der Waals surface area contributed by atoms with Crippen LogP contribution in [-0.4, -0.2) is 38.0 Å². The van der Waals surface area contributed by atoms with Crippen molar-refractivity contribution in [3.63, 3.8) is 0 Å². The van der Waals surface area contributed by atoms with Crippen molar-refractivity contribution in [3.05, 3.63) is 53.1 Å². The van der Waals surface area contributed by atoms with Gasteiger partial charge in [-0.25, -0.2) is 0 Å². The minimum atomic E-state index is -0.614. The largest absolute Gasteiger partial charge is 0.495 e. The van der Waals surface area contributed by atoms with Gasteiger partial charge < -0.3 is 19.7 Å². The van der Waals surface area contributed by atoms with Gasteiger partial charge in [0.15, 0.2) is 6.61 Å². The normalized spacial score (nSPS) is 15.8. The molecule has 1 saturated heterocycles. The molecule has 0 saturated carbocycles. The minimum absolute atomic E-state index is 0.0537. The molecule has 0 bridgehead atoms. The number of nitrogens with one attached hydrogen (secondary N) is 1. The van der Waals surface area contributed by atoms with Gasteiger partial charge in [0.25, 0.3) is 5.91 Å². The lowest BCUT2D eigenvalue weighted by molar-refractivity contribution is -0.151. The SMILES string of the molecule is CCc1ccc(N2C[C@H](C(=O)OCC(=O)Nc3cc(Cl)ccc3OC)CC2=O)cc1. The van der Waals surface area contributed by atoms with E-state index in [0.29, 0.717) is 16.5 Å². The lowest BCUT2D eigenvalue weighted by atomic mass is 10.1. The third-order valence-corrected chi connectivity index (χ3v) is 5.13. The Labute approximate surface area is 179 Å². The van der Waals surface area contributed by atoms with E-state index in [1.807, 2.05) is 24.3 Å². The molecular weight excluding hydrogens is 408 g/mol. The number of hydrogen-bond donors (Lipinski definition) is 1. The van der Waals surface area contributed by atoms with Crippen LogP contribution < -0.4 is 15.0 Å². The molecule has 158 valence electrons. The fraction of sp³-hybridized carbons (Fsp3) is 0.318. The van der Waals surface area contributed by atoms with E-state index in [-0.39, 0.29) is 18.9 Å². The van der Waals surface area contributed by atoms with Crippen molar-refractivity contribution in [3.8, 4) is 5.75 Å². The molecule has 8 heteroatoms. The van der Waals surface area contributed by atoms with Gasteiger partial charge in [0.2, 0.25) is 5.91 Å². The maximum absolute atomic E-state index is 12.4. The van der Waals surface area contributed by atoms with Gasteiger partial charge in [0, 0.05) is 23.7 Å². The van der Waals surface area contributed by atoms with Gasteiger partial charge >= 0.3 is 5.97 Å². The van der Waals surface area contributed by atoms with Crippen LogP contribution in [0.5, 0.6) is 5.75 Å². The van der Waals surface area contributed by atoms with Crippen LogP contribution in [-0.2, 0) is 25.5 Å². The van der Waals surface area contributed by atoms with Crippen LogP contribution in [0.1, 0.15) is 18.9 Å². The minimum Gasteiger partial charge on any atom is -0.495 e. The first-order chi connectivity index (χ1) is 14.4. The first-order valence-electron chi connectivity index (χ1n) is 9.60. The van der Waals surface area contributed by atoms with Crippen molar-refractivity contribution in [1.82, 2.24) is 0 Å². The molecular formula is C22H23ClN2O5. The van der Waals surface area contributed by atoms with E-state index in [1.54, 1.807) is 17.0 Å². The van der Waals surface area contributed by atoms with E-state index in [2.05, 4.69) is 12.2 Å². The maximum atomic E-state index is 12.4. The number of nitrogens with zero attached hydrogens (tertiary/aromatic N) is 1. The molecule has 1 aliphatic rings. The monoisotopic (exact) mass is 430 g/mol. The summed E-state index contributed by atoms with van der Waals surface area (Å²) in [6.07, 6.45) is 0.963. The zero-order chi connectivity index (χ0) is 21.7. The average Bonchev–Trinajstić information content (AvgIpc) is 3.14. The number of carbonyl (C=O) groups is 3. The molecule has 1 heterocycles. The first kappa shape index (κ1) is 21.6. The summed E-state index contributed by atoms with van der Waals surface area (Å²) in [4.78, 5) is 38.4. The number of halogens is 1. The molecule has 0 unspecified atom stereocenters. The van der Waals surface area contributed by atoms with Crippen LogP contribution in [0.25, 0.3) is 0 Å². The number of amides is 2. The number of anilines is 2. The summed E-state index contributed by atoms with van der Waals surface area (Å²) in [7, 11) is 1.47. The topological polar surface area (TPSA) is 84.9 Å². The molecule has 2 aromatic carbocycles. The molecule has 2 amide bonds. The molecule has 0 spiro atoms. The molecule has 1 fully saturated rings. The lowest BCUT2D eigenvalue weighted by Gasteiger charge is -2.17. The number of esters is 1. The van der Waals surface area contributed by atoms with E-state index in [9.17, 15) is 14.4 Å². The summed E-state index contributed by atoms with van der Waals surface area (Å²) in [6, 6.07) is 12.5. The van der Waals surface area contributed by atoms with Gasteiger partial charge in [0.05, 0.1) is 18.7 Å². The van der Waals surface area contributed by atoms with Gasteiger partial charge in [-0.1, -0.05) is 30.7 Å². The third kappa shape index (κ3) is 5.10. The Morgan fingerprint density at radius 2 is 1.93 bits per heavy atom. The number of benzene rings is 2. The van der Waals surface area contributed by atoms with Gasteiger partial charge in [-0.15, -0.1) is 0 Å². The molecule has 0 aromatic heterocycles. The number of hydrogen-bond acceptors (Lipinski definition) is 5. The Kier molecular flexibility index (Phi) is 6.95. The molecule has 2 aromatic rings. The zero-order valence-electron chi connectivity index (χ0n) is 16.8. The molecule has 3 rings (SSSR count). The Morgan fingerprint density at radius 1 is 1.20 bits per heavy atom. The number of rotatable bonds is 7. The molecule has 1 aliphatic heterocycles.